The topological polar surface area (TPSA) is 102 Å². The molecule has 0 fully saturated rings. The fraction of sp³-hybridized carbons (Fsp3) is 0.176. The molecule has 126 valence electrons. The van der Waals surface area contributed by atoms with Crippen molar-refractivity contribution in [3.63, 3.8) is 0 Å². The number of hydrogen-bond acceptors (Lipinski definition) is 6. The van der Waals surface area contributed by atoms with E-state index in [-0.39, 0.29) is 5.56 Å². The van der Waals surface area contributed by atoms with E-state index < -0.39 is 5.97 Å². The molecule has 25 heavy (non-hydrogen) atoms. The van der Waals surface area contributed by atoms with E-state index in [1.165, 1.54) is 0 Å². The fourth-order valence-electron chi connectivity index (χ4n) is 2.77. The van der Waals surface area contributed by atoms with E-state index in [0.717, 1.165) is 17.2 Å². The highest BCUT2D eigenvalue weighted by Gasteiger charge is 2.20. The van der Waals surface area contributed by atoms with Crippen LogP contribution in [0.1, 0.15) is 16.2 Å². The molecule has 0 amide bonds. The number of pyridine rings is 1. The van der Waals surface area contributed by atoms with E-state index in [1.807, 2.05) is 16.7 Å². The highest BCUT2D eigenvalue weighted by molar-refractivity contribution is 5.88. The first-order chi connectivity index (χ1) is 12.2. The maximum atomic E-state index is 11.1. The van der Waals surface area contributed by atoms with Crippen LogP contribution in [0.3, 0.4) is 0 Å². The lowest BCUT2D eigenvalue weighted by Crippen LogP contribution is -2.12. The molecular formula is C17H15N5O3. The quantitative estimate of drug-likeness (QED) is 0.751. The van der Waals surface area contributed by atoms with Gasteiger partial charge in [0.1, 0.15) is 12.4 Å². The van der Waals surface area contributed by atoms with Crippen LogP contribution in [0, 0.1) is 0 Å². The second-order valence-corrected chi connectivity index (χ2v) is 5.55. The van der Waals surface area contributed by atoms with Crippen LogP contribution in [0.15, 0.2) is 42.7 Å². The van der Waals surface area contributed by atoms with Crippen molar-refractivity contribution in [3.8, 4) is 17.1 Å². The Morgan fingerprint density at radius 2 is 2.24 bits per heavy atom. The number of hydrogen-bond donors (Lipinski definition) is 2. The highest BCUT2D eigenvalue weighted by atomic mass is 16.5. The number of ether oxygens (including phenoxy) is 1. The molecule has 0 spiro atoms. The van der Waals surface area contributed by atoms with Crippen molar-refractivity contribution in [1.29, 1.82) is 0 Å². The van der Waals surface area contributed by atoms with Crippen LogP contribution in [-0.2, 0) is 13.1 Å². The molecule has 0 radical (unpaired) electrons. The van der Waals surface area contributed by atoms with Gasteiger partial charge in [-0.25, -0.2) is 4.79 Å². The van der Waals surface area contributed by atoms with Gasteiger partial charge in [0.25, 0.3) is 0 Å². The van der Waals surface area contributed by atoms with Gasteiger partial charge < -0.3 is 19.7 Å². The molecule has 3 heterocycles. The lowest BCUT2D eigenvalue weighted by Gasteiger charge is -2.09. The smallest absolute Gasteiger partial charge is 0.335 e. The SMILES string of the molecule is O=C(O)c1cccc(NCc2nnc3n2CCOc2cnccc2-3)c1. The summed E-state index contributed by atoms with van der Waals surface area (Å²) in [6.07, 6.45) is 3.37. The summed E-state index contributed by atoms with van der Waals surface area (Å²) in [6.45, 7) is 1.56. The molecule has 0 saturated heterocycles. The molecule has 3 aromatic rings. The van der Waals surface area contributed by atoms with Crippen molar-refractivity contribution >= 4 is 11.7 Å². The zero-order valence-electron chi connectivity index (χ0n) is 13.2. The Bertz CT molecular complexity index is 938. The zero-order valence-corrected chi connectivity index (χ0v) is 13.2. The molecule has 8 nitrogen and oxygen atoms in total. The normalized spacial score (nSPS) is 12.5. The molecule has 8 heteroatoms. The monoisotopic (exact) mass is 337 g/mol. The molecule has 0 saturated carbocycles. The van der Waals surface area contributed by atoms with Crippen molar-refractivity contribution in [1.82, 2.24) is 19.7 Å². The molecule has 0 atom stereocenters. The summed E-state index contributed by atoms with van der Waals surface area (Å²) in [6, 6.07) is 8.52. The number of aromatic nitrogens is 4. The number of carboxylic acids is 1. The van der Waals surface area contributed by atoms with Gasteiger partial charge in [-0.05, 0) is 24.3 Å². The van der Waals surface area contributed by atoms with E-state index in [0.29, 0.717) is 31.1 Å². The first-order valence-electron chi connectivity index (χ1n) is 7.79. The van der Waals surface area contributed by atoms with Crippen molar-refractivity contribution in [2.24, 2.45) is 0 Å². The Balaban J connectivity index is 1.59. The number of benzene rings is 1. The van der Waals surface area contributed by atoms with Crippen LogP contribution in [0.25, 0.3) is 11.4 Å². The maximum Gasteiger partial charge on any atom is 0.335 e. The molecule has 1 aliphatic heterocycles. The van der Waals surface area contributed by atoms with E-state index >= 15 is 0 Å². The standard InChI is InChI=1S/C17H15N5O3/c23-17(24)11-2-1-3-12(8-11)19-10-15-20-21-16-13-4-5-18-9-14(13)25-7-6-22(15)16/h1-5,8-9,19H,6-7,10H2,(H,23,24). The van der Waals surface area contributed by atoms with Crippen LogP contribution in [-0.4, -0.2) is 37.4 Å². The van der Waals surface area contributed by atoms with Gasteiger partial charge in [0, 0.05) is 11.9 Å². The Morgan fingerprint density at radius 1 is 1.32 bits per heavy atom. The zero-order chi connectivity index (χ0) is 17.2. The predicted molar refractivity (Wildman–Crippen MR) is 89.5 cm³/mol. The number of nitrogens with zero attached hydrogens (tertiary/aromatic N) is 4. The number of carbonyl (C=O) groups is 1. The van der Waals surface area contributed by atoms with Crippen LogP contribution < -0.4 is 10.1 Å². The lowest BCUT2D eigenvalue weighted by molar-refractivity contribution is 0.0697. The largest absolute Gasteiger partial charge is 0.489 e. The summed E-state index contributed by atoms with van der Waals surface area (Å²) in [5, 5.41) is 20.8. The summed E-state index contributed by atoms with van der Waals surface area (Å²) in [4.78, 5) is 15.1. The van der Waals surface area contributed by atoms with Gasteiger partial charge in [-0.2, -0.15) is 0 Å². The molecule has 0 unspecified atom stereocenters. The summed E-state index contributed by atoms with van der Waals surface area (Å²) in [5.74, 6) is 1.24. The molecule has 2 N–H and O–H groups in total. The molecule has 0 aliphatic carbocycles. The first-order valence-corrected chi connectivity index (χ1v) is 7.79. The first kappa shape index (κ1) is 15.1. The van der Waals surface area contributed by atoms with Gasteiger partial charge in [-0.1, -0.05) is 6.07 Å². The van der Waals surface area contributed by atoms with Gasteiger partial charge in [0.05, 0.1) is 30.4 Å². The minimum atomic E-state index is -0.956. The van der Waals surface area contributed by atoms with Crippen LogP contribution in [0.4, 0.5) is 5.69 Å². The molecule has 1 aromatic carbocycles. The van der Waals surface area contributed by atoms with Gasteiger partial charge in [-0.3, -0.25) is 4.98 Å². The van der Waals surface area contributed by atoms with Crippen LogP contribution >= 0.6 is 0 Å². The molecule has 0 bridgehead atoms. The Morgan fingerprint density at radius 3 is 3.12 bits per heavy atom. The minimum Gasteiger partial charge on any atom is -0.489 e. The van der Waals surface area contributed by atoms with E-state index in [4.69, 9.17) is 9.84 Å². The number of fused-ring (bicyclic) bond motifs is 3. The Labute approximate surface area is 143 Å². The highest BCUT2D eigenvalue weighted by Crippen LogP contribution is 2.30. The second kappa shape index (κ2) is 6.23. The number of aromatic carboxylic acids is 1. The van der Waals surface area contributed by atoms with Gasteiger partial charge in [-0.15, -0.1) is 10.2 Å². The third kappa shape index (κ3) is 2.89. The third-order valence-corrected chi connectivity index (χ3v) is 3.99. The third-order valence-electron chi connectivity index (χ3n) is 3.99. The summed E-state index contributed by atoms with van der Waals surface area (Å²) < 4.78 is 7.71. The van der Waals surface area contributed by atoms with Gasteiger partial charge in [0.15, 0.2) is 11.6 Å². The van der Waals surface area contributed by atoms with E-state index in [1.54, 1.807) is 30.6 Å². The average molecular weight is 337 g/mol. The Hall–Kier alpha value is -3.42. The number of anilines is 1. The van der Waals surface area contributed by atoms with Gasteiger partial charge in [0.2, 0.25) is 0 Å². The summed E-state index contributed by atoms with van der Waals surface area (Å²) in [7, 11) is 0. The van der Waals surface area contributed by atoms with E-state index in [2.05, 4.69) is 20.5 Å². The maximum absolute atomic E-state index is 11.1. The van der Waals surface area contributed by atoms with E-state index in [9.17, 15) is 4.79 Å². The van der Waals surface area contributed by atoms with Crippen LogP contribution in [0.5, 0.6) is 5.75 Å². The molecule has 4 rings (SSSR count). The summed E-state index contributed by atoms with van der Waals surface area (Å²) >= 11 is 0. The average Bonchev–Trinajstić information content (AvgIpc) is 2.94. The molecule has 1 aliphatic rings. The van der Waals surface area contributed by atoms with Crippen molar-refractivity contribution in [2.75, 3.05) is 11.9 Å². The van der Waals surface area contributed by atoms with Gasteiger partial charge >= 0.3 is 5.97 Å². The molecular weight excluding hydrogens is 322 g/mol. The molecule has 2 aromatic heterocycles. The lowest BCUT2D eigenvalue weighted by atomic mass is 10.2. The Kier molecular flexibility index (Phi) is 3.77. The number of carboxylic acid groups (broad SMARTS) is 1. The second-order valence-electron chi connectivity index (χ2n) is 5.55. The number of nitrogens with one attached hydrogen (secondary N) is 1. The predicted octanol–water partition coefficient (Wildman–Crippen LogP) is 2.04. The minimum absolute atomic E-state index is 0.236. The van der Waals surface area contributed by atoms with Crippen LogP contribution in [0.2, 0.25) is 0 Å². The van der Waals surface area contributed by atoms with Crippen molar-refractivity contribution in [3.05, 3.63) is 54.1 Å². The van der Waals surface area contributed by atoms with Crippen molar-refractivity contribution < 1.29 is 14.6 Å². The number of rotatable bonds is 4. The fourth-order valence-corrected chi connectivity index (χ4v) is 2.77. The summed E-state index contributed by atoms with van der Waals surface area (Å²) in [5.41, 5.74) is 1.81. The van der Waals surface area contributed by atoms with Crippen molar-refractivity contribution in [2.45, 2.75) is 13.1 Å².